The normalized spacial score (nSPS) is 19.4. The van der Waals surface area contributed by atoms with E-state index in [1.54, 1.807) is 19.5 Å². The topological polar surface area (TPSA) is 96.8 Å². The van der Waals surface area contributed by atoms with Gasteiger partial charge in [0.15, 0.2) is 0 Å². The van der Waals surface area contributed by atoms with E-state index in [4.69, 9.17) is 19.4 Å². The molecule has 49 heavy (non-hydrogen) atoms. The number of piperazine rings is 2. The maximum absolute atomic E-state index is 13.5. The van der Waals surface area contributed by atoms with Gasteiger partial charge in [-0.1, -0.05) is 60.7 Å². The van der Waals surface area contributed by atoms with Crippen LogP contribution in [0.4, 0.5) is 4.39 Å². The summed E-state index contributed by atoms with van der Waals surface area (Å²) in [7, 11) is 1.61. The molecular weight excluding hydrogens is 668 g/mol. The highest BCUT2D eigenvalue weighted by atomic mass is 35.5. The summed E-state index contributed by atoms with van der Waals surface area (Å²) >= 11 is 0. The number of halogens is 3. The Morgan fingerprint density at radius 1 is 0.918 bits per heavy atom. The summed E-state index contributed by atoms with van der Waals surface area (Å²) in [4.78, 5) is 38.4. The fourth-order valence-corrected chi connectivity index (χ4v) is 7.12. The van der Waals surface area contributed by atoms with Crippen LogP contribution in [0.25, 0.3) is 0 Å². The molecular formula is C36H42Cl2FN7O3. The maximum Gasteiger partial charge on any atom is 0.274 e. The second kappa shape index (κ2) is 16.7. The molecule has 1 saturated carbocycles. The first-order valence-corrected chi connectivity index (χ1v) is 16.4. The van der Waals surface area contributed by atoms with E-state index in [9.17, 15) is 9.18 Å². The molecule has 4 heterocycles. The number of carbonyl (C=O) groups is 1. The first kappa shape index (κ1) is 36.4. The SMILES string of the molecule is COc1nc(C2CC2)nc(OCCF)c1CN1CC(C(c2ccccc2)c2ccccc2)N2CCN(C(=O)c3cnccn3)C[C@H]2C1.Cl.Cl. The van der Waals surface area contributed by atoms with Gasteiger partial charge < -0.3 is 14.4 Å². The number of benzene rings is 2. The lowest BCUT2D eigenvalue weighted by Crippen LogP contribution is -2.67. The minimum absolute atomic E-state index is 0. The molecule has 4 aromatic rings. The zero-order valence-electron chi connectivity index (χ0n) is 27.4. The van der Waals surface area contributed by atoms with E-state index >= 15 is 0 Å². The Morgan fingerprint density at radius 3 is 2.22 bits per heavy atom. The van der Waals surface area contributed by atoms with Crippen molar-refractivity contribution < 1.29 is 18.7 Å². The molecule has 2 aromatic carbocycles. The first-order chi connectivity index (χ1) is 23.1. The minimum Gasteiger partial charge on any atom is -0.481 e. The van der Waals surface area contributed by atoms with Gasteiger partial charge in [-0.15, -0.1) is 24.8 Å². The summed E-state index contributed by atoms with van der Waals surface area (Å²) in [5.74, 6) is 1.82. The second-order valence-electron chi connectivity index (χ2n) is 12.5. The maximum atomic E-state index is 13.5. The summed E-state index contributed by atoms with van der Waals surface area (Å²) in [5.41, 5.74) is 3.55. The number of methoxy groups -OCH3 is 1. The third kappa shape index (κ3) is 8.12. The van der Waals surface area contributed by atoms with Gasteiger partial charge in [-0.2, -0.15) is 9.97 Å². The molecule has 2 atom stereocenters. The van der Waals surface area contributed by atoms with Gasteiger partial charge in [-0.25, -0.2) is 9.37 Å². The number of nitrogens with zero attached hydrogens (tertiary/aromatic N) is 7. The van der Waals surface area contributed by atoms with Gasteiger partial charge in [0.25, 0.3) is 5.91 Å². The number of alkyl halides is 1. The van der Waals surface area contributed by atoms with Crippen LogP contribution in [0.5, 0.6) is 11.8 Å². The Bertz CT molecular complexity index is 1620. The smallest absolute Gasteiger partial charge is 0.274 e. The number of carbonyl (C=O) groups excluding carboxylic acids is 1. The molecule has 10 nitrogen and oxygen atoms in total. The lowest BCUT2D eigenvalue weighted by atomic mass is 9.81. The van der Waals surface area contributed by atoms with E-state index in [2.05, 4.69) is 80.4 Å². The average molecular weight is 711 g/mol. The Kier molecular flexibility index (Phi) is 12.4. The van der Waals surface area contributed by atoms with Crippen molar-refractivity contribution in [1.82, 2.24) is 34.6 Å². The molecule has 2 saturated heterocycles. The molecule has 3 aliphatic rings. The van der Waals surface area contributed by atoms with Gasteiger partial charge >= 0.3 is 0 Å². The van der Waals surface area contributed by atoms with Crippen molar-refractivity contribution in [2.24, 2.45) is 0 Å². The van der Waals surface area contributed by atoms with Gasteiger partial charge in [0.05, 0.1) is 18.9 Å². The zero-order valence-corrected chi connectivity index (χ0v) is 29.1. The average Bonchev–Trinajstić information content (AvgIpc) is 3.98. The molecule has 13 heteroatoms. The van der Waals surface area contributed by atoms with Crippen molar-refractivity contribution in [3.8, 4) is 11.8 Å². The molecule has 0 spiro atoms. The highest BCUT2D eigenvalue weighted by molar-refractivity contribution is 5.92. The Balaban J connectivity index is 0.00000234. The number of amides is 1. The number of rotatable bonds is 11. The number of hydrogen-bond acceptors (Lipinski definition) is 9. The van der Waals surface area contributed by atoms with Gasteiger partial charge in [0.1, 0.15) is 24.8 Å². The van der Waals surface area contributed by atoms with Gasteiger partial charge in [-0.05, 0) is 24.0 Å². The Labute approximate surface area is 298 Å². The van der Waals surface area contributed by atoms with E-state index < -0.39 is 6.67 Å². The summed E-state index contributed by atoms with van der Waals surface area (Å²) < 4.78 is 25.1. The minimum atomic E-state index is -0.612. The molecule has 7 rings (SSSR count). The Hall–Kier alpha value is -3.90. The molecule has 0 bridgehead atoms. The zero-order chi connectivity index (χ0) is 32.2. The molecule has 0 radical (unpaired) electrons. The van der Waals surface area contributed by atoms with Crippen molar-refractivity contribution in [2.45, 2.75) is 43.3 Å². The third-order valence-electron chi connectivity index (χ3n) is 9.42. The number of fused-ring (bicyclic) bond motifs is 1. The molecule has 260 valence electrons. The molecule has 1 aliphatic carbocycles. The van der Waals surface area contributed by atoms with Gasteiger partial charge in [0, 0.05) is 75.6 Å². The summed E-state index contributed by atoms with van der Waals surface area (Å²) in [6, 6.07) is 21.4. The summed E-state index contributed by atoms with van der Waals surface area (Å²) in [6.45, 7) is 3.11. The van der Waals surface area contributed by atoms with Crippen molar-refractivity contribution in [2.75, 3.05) is 53.1 Å². The summed E-state index contributed by atoms with van der Waals surface area (Å²) in [5, 5.41) is 0. The number of ether oxygens (including phenoxy) is 2. The van der Waals surface area contributed by atoms with Crippen LogP contribution in [0.1, 0.15) is 57.7 Å². The molecule has 1 amide bonds. The van der Waals surface area contributed by atoms with Crippen LogP contribution in [0.2, 0.25) is 0 Å². The number of aromatic nitrogens is 4. The number of hydrogen-bond donors (Lipinski definition) is 0. The van der Waals surface area contributed by atoms with Gasteiger partial charge in [-0.3, -0.25) is 19.6 Å². The van der Waals surface area contributed by atoms with Crippen molar-refractivity contribution >= 4 is 30.7 Å². The van der Waals surface area contributed by atoms with Gasteiger partial charge in [0.2, 0.25) is 11.8 Å². The highest BCUT2D eigenvalue weighted by Crippen LogP contribution is 2.41. The van der Waals surface area contributed by atoms with Crippen LogP contribution >= 0.6 is 24.8 Å². The molecule has 2 aliphatic heterocycles. The standard InChI is InChI=1S/C36H40FN7O3.2ClH/c1-46-34-29(35(47-19-14-37)41-33(40-34)27-12-13-27)23-42-21-28-22-43(36(45)30-20-38-15-16-39-30)17-18-44(28)31(24-42)32(25-8-4-2-5-9-25)26-10-6-3-7-11-26;;/h2-11,15-16,20,27-28,31-32H,12-14,17-19,21-24H2,1H3;2*1H/t28-,31?;;/m1../s1. The largest absolute Gasteiger partial charge is 0.481 e. The lowest BCUT2D eigenvalue weighted by Gasteiger charge is -2.53. The monoisotopic (exact) mass is 709 g/mol. The predicted molar refractivity (Wildman–Crippen MR) is 189 cm³/mol. The summed E-state index contributed by atoms with van der Waals surface area (Å²) in [6.07, 6.45) is 6.72. The van der Waals surface area contributed by atoms with E-state index in [1.165, 1.54) is 17.3 Å². The quantitative estimate of drug-likeness (QED) is 0.209. The van der Waals surface area contributed by atoms with E-state index in [1.807, 2.05) is 4.90 Å². The fraction of sp³-hybridized carbons (Fsp3) is 0.417. The fourth-order valence-electron chi connectivity index (χ4n) is 7.12. The van der Waals surface area contributed by atoms with Crippen LogP contribution in [0.3, 0.4) is 0 Å². The molecule has 3 fully saturated rings. The molecule has 1 unspecified atom stereocenters. The van der Waals surface area contributed by atoms with E-state index in [0.717, 1.165) is 31.5 Å². The van der Waals surface area contributed by atoms with Crippen molar-refractivity contribution in [1.29, 1.82) is 0 Å². The van der Waals surface area contributed by atoms with E-state index in [-0.39, 0.29) is 61.2 Å². The van der Waals surface area contributed by atoms with Crippen LogP contribution in [-0.4, -0.2) is 106 Å². The molecule has 2 aromatic heterocycles. The highest BCUT2D eigenvalue weighted by Gasteiger charge is 2.44. The van der Waals surface area contributed by atoms with Crippen LogP contribution < -0.4 is 9.47 Å². The first-order valence-electron chi connectivity index (χ1n) is 16.4. The predicted octanol–water partition coefficient (Wildman–Crippen LogP) is 5.19. The lowest BCUT2D eigenvalue weighted by molar-refractivity contribution is -0.0293. The van der Waals surface area contributed by atoms with Crippen LogP contribution in [0.15, 0.2) is 79.3 Å². The Morgan fingerprint density at radius 2 is 1.61 bits per heavy atom. The second-order valence-corrected chi connectivity index (χ2v) is 12.5. The third-order valence-corrected chi connectivity index (χ3v) is 9.42. The van der Waals surface area contributed by atoms with Crippen molar-refractivity contribution in [3.63, 3.8) is 0 Å². The molecule has 0 N–H and O–H groups in total. The van der Waals surface area contributed by atoms with E-state index in [0.29, 0.717) is 49.5 Å². The van der Waals surface area contributed by atoms with Crippen molar-refractivity contribution in [3.05, 3.63) is 107 Å². The van der Waals surface area contributed by atoms with Crippen LogP contribution in [-0.2, 0) is 6.54 Å². The van der Waals surface area contributed by atoms with Crippen LogP contribution in [0, 0.1) is 0 Å².